The number of methoxy groups -OCH3 is 3. The molecule has 4 rings (SSSR count). The van der Waals surface area contributed by atoms with E-state index in [4.69, 9.17) is 30.5 Å². The molecule has 36 heavy (non-hydrogen) atoms. The lowest BCUT2D eigenvalue weighted by molar-refractivity contribution is -0.139. The van der Waals surface area contributed by atoms with Crippen molar-refractivity contribution in [3.8, 4) is 17.2 Å². The number of benzene rings is 2. The summed E-state index contributed by atoms with van der Waals surface area (Å²) in [6.07, 6.45) is 1.72. The van der Waals surface area contributed by atoms with Crippen molar-refractivity contribution in [1.29, 1.82) is 0 Å². The monoisotopic (exact) mass is 528 g/mol. The summed E-state index contributed by atoms with van der Waals surface area (Å²) in [7, 11) is 4.57. The highest BCUT2D eigenvalue weighted by Crippen LogP contribution is 2.40. The van der Waals surface area contributed by atoms with Gasteiger partial charge in [0, 0.05) is 10.6 Å². The highest BCUT2D eigenvalue weighted by atomic mass is 35.5. The van der Waals surface area contributed by atoms with Gasteiger partial charge in [-0.3, -0.25) is 9.36 Å². The van der Waals surface area contributed by atoms with Crippen LogP contribution in [0.15, 0.2) is 57.5 Å². The van der Waals surface area contributed by atoms with E-state index in [0.29, 0.717) is 54.0 Å². The first-order valence-electron chi connectivity index (χ1n) is 11.1. The fourth-order valence-corrected chi connectivity index (χ4v) is 5.29. The molecular weight excluding hydrogens is 504 g/mol. The van der Waals surface area contributed by atoms with Gasteiger partial charge in [-0.2, -0.15) is 0 Å². The Morgan fingerprint density at radius 1 is 1.08 bits per heavy atom. The van der Waals surface area contributed by atoms with Gasteiger partial charge in [-0.1, -0.05) is 35.1 Å². The average molecular weight is 529 g/mol. The van der Waals surface area contributed by atoms with E-state index in [1.807, 2.05) is 0 Å². The number of thiazole rings is 1. The molecule has 0 radical (unpaired) electrons. The molecule has 0 N–H and O–H groups in total. The maximum atomic E-state index is 13.8. The Balaban J connectivity index is 1.97. The van der Waals surface area contributed by atoms with E-state index in [9.17, 15) is 9.59 Å². The predicted octanol–water partition coefficient (Wildman–Crippen LogP) is 3.48. The third kappa shape index (κ3) is 4.52. The molecule has 3 aromatic rings. The second kappa shape index (κ2) is 10.6. The summed E-state index contributed by atoms with van der Waals surface area (Å²) < 4.78 is 23.7. The van der Waals surface area contributed by atoms with Gasteiger partial charge >= 0.3 is 5.97 Å². The van der Waals surface area contributed by atoms with E-state index in [1.165, 1.54) is 37.2 Å². The van der Waals surface area contributed by atoms with Gasteiger partial charge in [0.05, 0.1) is 49.8 Å². The number of allylic oxidation sites excluding steroid dienone is 1. The molecule has 0 aliphatic carbocycles. The quantitative estimate of drug-likeness (QED) is 0.436. The Hall–Kier alpha value is -3.56. The van der Waals surface area contributed by atoms with Gasteiger partial charge in [-0.15, -0.1) is 0 Å². The number of hydrogen-bond acceptors (Lipinski definition) is 8. The number of rotatable bonds is 7. The molecule has 2 aromatic carbocycles. The van der Waals surface area contributed by atoms with Gasteiger partial charge in [0.2, 0.25) is 5.75 Å². The Morgan fingerprint density at radius 2 is 1.78 bits per heavy atom. The van der Waals surface area contributed by atoms with Crippen molar-refractivity contribution in [2.45, 2.75) is 19.9 Å². The summed E-state index contributed by atoms with van der Waals surface area (Å²) in [6, 6.07) is 9.83. The van der Waals surface area contributed by atoms with Crippen LogP contribution in [0.2, 0.25) is 5.02 Å². The number of nitrogens with zero attached hydrogens (tertiary/aromatic N) is 2. The van der Waals surface area contributed by atoms with Gasteiger partial charge < -0.3 is 18.9 Å². The van der Waals surface area contributed by atoms with Crippen LogP contribution < -0.4 is 29.1 Å². The highest BCUT2D eigenvalue weighted by molar-refractivity contribution is 7.07. The van der Waals surface area contributed by atoms with Gasteiger partial charge in [0.25, 0.3) is 5.56 Å². The zero-order valence-corrected chi connectivity index (χ0v) is 22.0. The maximum absolute atomic E-state index is 13.8. The van der Waals surface area contributed by atoms with Crippen molar-refractivity contribution < 1.29 is 23.7 Å². The normalized spacial score (nSPS) is 15.3. The molecule has 0 spiro atoms. The Morgan fingerprint density at radius 3 is 2.39 bits per heavy atom. The summed E-state index contributed by atoms with van der Waals surface area (Å²) >= 11 is 7.32. The zero-order valence-electron chi connectivity index (χ0n) is 20.5. The summed E-state index contributed by atoms with van der Waals surface area (Å²) in [5.74, 6) is 0.835. The molecular formula is C26H25ClN2O6S. The first-order valence-corrected chi connectivity index (χ1v) is 12.3. The van der Waals surface area contributed by atoms with Crippen LogP contribution in [-0.2, 0) is 9.53 Å². The minimum Gasteiger partial charge on any atom is -0.493 e. The molecule has 1 aliphatic heterocycles. The van der Waals surface area contributed by atoms with Gasteiger partial charge in [0.1, 0.15) is 0 Å². The topological polar surface area (TPSA) is 88.4 Å². The summed E-state index contributed by atoms with van der Waals surface area (Å²) in [5, 5.41) is 0.546. The second-order valence-corrected chi connectivity index (χ2v) is 9.22. The first kappa shape index (κ1) is 25.5. The van der Waals surface area contributed by atoms with Crippen LogP contribution in [0.1, 0.15) is 31.0 Å². The molecule has 0 fully saturated rings. The third-order valence-electron chi connectivity index (χ3n) is 5.72. The average Bonchev–Trinajstić information content (AvgIpc) is 3.17. The number of halogens is 1. The molecule has 10 heteroatoms. The molecule has 0 saturated heterocycles. The zero-order chi connectivity index (χ0) is 26.0. The Labute approximate surface area is 216 Å². The van der Waals surface area contributed by atoms with Crippen LogP contribution in [-0.4, -0.2) is 38.5 Å². The Bertz CT molecular complexity index is 1520. The largest absolute Gasteiger partial charge is 0.493 e. The summed E-state index contributed by atoms with van der Waals surface area (Å²) in [4.78, 5) is 31.8. The van der Waals surface area contributed by atoms with Crippen LogP contribution in [0, 0.1) is 0 Å². The molecule has 1 aromatic heterocycles. The fourth-order valence-electron chi connectivity index (χ4n) is 4.13. The molecule has 0 bridgehead atoms. The van der Waals surface area contributed by atoms with E-state index in [-0.39, 0.29) is 12.2 Å². The highest BCUT2D eigenvalue weighted by Gasteiger charge is 2.33. The molecule has 1 atom stereocenters. The lowest BCUT2D eigenvalue weighted by Gasteiger charge is -2.24. The standard InChI is InChI=1S/C26H25ClN2O6S/c1-6-35-25(31)20-14(2)28-26-29(21(20)15-7-10-17(27)11-8-15)24(30)19(36-26)13-16-9-12-18(32-3)23(34-5)22(16)33-4/h7-13,21H,6H2,1-5H3/b19-13-/t21-/m1/s1. The lowest BCUT2D eigenvalue weighted by Crippen LogP contribution is -2.39. The van der Waals surface area contributed by atoms with E-state index in [0.717, 1.165) is 0 Å². The number of ether oxygens (including phenoxy) is 4. The van der Waals surface area contributed by atoms with Crippen molar-refractivity contribution in [2.24, 2.45) is 4.99 Å². The first-order chi connectivity index (χ1) is 17.3. The van der Waals surface area contributed by atoms with E-state index in [2.05, 4.69) is 4.99 Å². The van der Waals surface area contributed by atoms with Crippen molar-refractivity contribution >= 4 is 35.0 Å². The third-order valence-corrected chi connectivity index (χ3v) is 6.96. The van der Waals surface area contributed by atoms with Gasteiger partial charge in [-0.05, 0) is 49.8 Å². The molecule has 0 unspecified atom stereocenters. The van der Waals surface area contributed by atoms with E-state index < -0.39 is 12.0 Å². The fraction of sp³-hybridized carbons (Fsp3) is 0.269. The van der Waals surface area contributed by atoms with Crippen LogP contribution in [0.4, 0.5) is 0 Å². The predicted molar refractivity (Wildman–Crippen MR) is 138 cm³/mol. The SMILES string of the molecule is CCOC(=O)C1=C(C)N=c2s/c(=C\c3ccc(OC)c(OC)c3OC)c(=O)n2[C@@H]1c1ccc(Cl)cc1. The number of carbonyl (C=O) groups is 1. The second-order valence-electron chi connectivity index (χ2n) is 7.78. The smallest absolute Gasteiger partial charge is 0.338 e. The van der Waals surface area contributed by atoms with Crippen LogP contribution in [0.5, 0.6) is 17.2 Å². The van der Waals surface area contributed by atoms with Crippen LogP contribution >= 0.6 is 22.9 Å². The summed E-state index contributed by atoms with van der Waals surface area (Å²) in [6.45, 7) is 3.67. The van der Waals surface area contributed by atoms with E-state index >= 15 is 0 Å². The molecule has 8 nitrogen and oxygen atoms in total. The lowest BCUT2D eigenvalue weighted by atomic mass is 9.96. The molecule has 1 aliphatic rings. The van der Waals surface area contributed by atoms with Crippen LogP contribution in [0.25, 0.3) is 6.08 Å². The van der Waals surface area contributed by atoms with Gasteiger partial charge in [0.15, 0.2) is 16.3 Å². The van der Waals surface area contributed by atoms with E-state index in [1.54, 1.807) is 56.3 Å². The van der Waals surface area contributed by atoms with Crippen molar-refractivity contribution in [1.82, 2.24) is 4.57 Å². The molecule has 2 heterocycles. The van der Waals surface area contributed by atoms with Crippen molar-refractivity contribution in [3.05, 3.63) is 83.5 Å². The molecule has 188 valence electrons. The molecule has 0 amide bonds. The van der Waals surface area contributed by atoms with Crippen molar-refractivity contribution in [2.75, 3.05) is 27.9 Å². The van der Waals surface area contributed by atoms with Crippen molar-refractivity contribution in [3.63, 3.8) is 0 Å². The maximum Gasteiger partial charge on any atom is 0.338 e. The van der Waals surface area contributed by atoms with Gasteiger partial charge in [-0.25, -0.2) is 9.79 Å². The number of fused-ring (bicyclic) bond motifs is 1. The minimum atomic E-state index is -0.716. The number of carbonyl (C=O) groups excluding carboxylic acids is 1. The minimum absolute atomic E-state index is 0.201. The number of hydrogen-bond donors (Lipinski definition) is 0. The molecule has 0 saturated carbocycles. The Kier molecular flexibility index (Phi) is 7.51. The number of aromatic nitrogens is 1. The number of esters is 1. The van der Waals surface area contributed by atoms with Crippen LogP contribution in [0.3, 0.4) is 0 Å². The summed E-state index contributed by atoms with van der Waals surface area (Å²) in [5.41, 5.74) is 1.84.